The molecule has 0 amide bonds. The summed E-state index contributed by atoms with van der Waals surface area (Å²) in [6.45, 7) is 4.24. The minimum absolute atomic E-state index is 0. The molecule has 1 unspecified atom stereocenters. The molecule has 14 heteroatoms. The number of rotatable bonds is 9. The number of aromatic nitrogens is 4. The molecule has 3 N–H and O–H groups in total. The first-order valence-corrected chi connectivity index (χ1v) is 13.2. The quantitative estimate of drug-likeness (QED) is 0.194. The summed E-state index contributed by atoms with van der Waals surface area (Å²) in [5.74, 6) is 0.147. The van der Waals surface area contributed by atoms with Gasteiger partial charge in [0.1, 0.15) is 24.8 Å². The van der Waals surface area contributed by atoms with E-state index in [1.165, 1.54) is 17.7 Å². The number of fused-ring (bicyclic) bond motifs is 3. The summed E-state index contributed by atoms with van der Waals surface area (Å²) < 4.78 is 43.7. The lowest BCUT2D eigenvalue weighted by Crippen LogP contribution is -3.00. The summed E-state index contributed by atoms with van der Waals surface area (Å²) in [6.07, 6.45) is 2.32. The number of imidazole rings is 1. The smallest absolute Gasteiger partial charge is 0.434 e. The second-order valence-electron chi connectivity index (χ2n) is 9.48. The van der Waals surface area contributed by atoms with Crippen LogP contribution < -0.4 is 27.6 Å². The highest BCUT2D eigenvalue weighted by molar-refractivity contribution is 6.31. The number of halogens is 7. The molecular weight excluding hydrogens is 609 g/mol. The van der Waals surface area contributed by atoms with Crippen LogP contribution in [0.3, 0.4) is 0 Å². The van der Waals surface area contributed by atoms with Crippen LogP contribution in [0.2, 0.25) is 10.0 Å². The molecule has 0 spiro atoms. The zero-order chi connectivity index (χ0) is 26.9. The van der Waals surface area contributed by atoms with Crippen molar-refractivity contribution in [1.82, 2.24) is 24.8 Å². The van der Waals surface area contributed by atoms with Gasteiger partial charge in [-0.25, -0.2) is 14.1 Å². The van der Waals surface area contributed by atoms with Gasteiger partial charge in [-0.15, -0.1) is 12.4 Å². The van der Waals surface area contributed by atoms with E-state index in [-0.39, 0.29) is 36.7 Å². The van der Waals surface area contributed by atoms with Gasteiger partial charge in [0.15, 0.2) is 5.69 Å². The Morgan fingerprint density at radius 3 is 2.67 bits per heavy atom. The summed E-state index contributed by atoms with van der Waals surface area (Å²) in [4.78, 5) is 9.63. The van der Waals surface area contributed by atoms with Gasteiger partial charge in [0, 0.05) is 54.3 Å². The van der Waals surface area contributed by atoms with Gasteiger partial charge in [-0.2, -0.15) is 13.2 Å². The Balaban J connectivity index is 0.00000220. The van der Waals surface area contributed by atoms with E-state index in [2.05, 4.69) is 30.1 Å². The van der Waals surface area contributed by atoms with Crippen molar-refractivity contribution in [3.63, 3.8) is 0 Å². The maximum Gasteiger partial charge on any atom is 0.434 e. The molecule has 4 heterocycles. The molecule has 0 saturated carbocycles. The Morgan fingerprint density at radius 1 is 1.15 bits per heavy atom. The largest absolute Gasteiger partial charge is 1.00 e. The molecule has 40 heavy (non-hydrogen) atoms. The Morgan fingerprint density at radius 2 is 1.95 bits per heavy atom. The van der Waals surface area contributed by atoms with E-state index in [0.717, 1.165) is 49.2 Å². The number of hydrogen-bond donors (Lipinski definition) is 3. The van der Waals surface area contributed by atoms with Crippen molar-refractivity contribution in [2.45, 2.75) is 25.2 Å². The molecule has 0 radical (unpaired) electrons. The Labute approximate surface area is 252 Å². The Kier molecular flexibility index (Phi) is 11.0. The van der Waals surface area contributed by atoms with E-state index in [4.69, 9.17) is 23.2 Å². The molecule has 1 aliphatic heterocycles. The number of nitrogens with zero attached hydrogens (tertiary/aromatic N) is 4. The van der Waals surface area contributed by atoms with Crippen LogP contribution in [0.25, 0.3) is 10.9 Å². The first-order valence-electron chi connectivity index (χ1n) is 12.4. The molecular formula is C26H30Cl4F3N7. The fourth-order valence-corrected chi connectivity index (χ4v) is 5.42. The number of H-pyrrole nitrogens is 1. The van der Waals surface area contributed by atoms with Gasteiger partial charge < -0.3 is 28.0 Å². The van der Waals surface area contributed by atoms with E-state index >= 15 is 0 Å². The minimum Gasteiger partial charge on any atom is -1.00 e. The van der Waals surface area contributed by atoms with Crippen molar-refractivity contribution in [3.05, 3.63) is 76.0 Å². The topological polar surface area (TPSA) is 64.8 Å². The number of alkyl halides is 3. The van der Waals surface area contributed by atoms with Crippen LogP contribution in [0.5, 0.6) is 0 Å². The van der Waals surface area contributed by atoms with Crippen LogP contribution in [-0.4, -0.2) is 52.2 Å². The van der Waals surface area contributed by atoms with Gasteiger partial charge >= 0.3 is 6.18 Å². The Hall–Kier alpha value is -2.21. The van der Waals surface area contributed by atoms with Crippen LogP contribution >= 0.6 is 35.6 Å². The lowest BCUT2D eigenvalue weighted by molar-refractivity contribution is -0.671. The van der Waals surface area contributed by atoms with E-state index in [0.29, 0.717) is 18.1 Å². The summed E-state index contributed by atoms with van der Waals surface area (Å²) >= 11 is 12.0. The number of nitrogens with one attached hydrogen (secondary N) is 3. The van der Waals surface area contributed by atoms with Gasteiger partial charge in [-0.3, -0.25) is 4.90 Å². The molecule has 3 aromatic heterocycles. The van der Waals surface area contributed by atoms with Crippen molar-refractivity contribution < 1.29 is 30.1 Å². The zero-order valence-corrected chi connectivity index (χ0v) is 24.7. The molecule has 0 saturated heterocycles. The minimum atomic E-state index is -4.61. The van der Waals surface area contributed by atoms with Gasteiger partial charge in [-0.05, 0) is 42.3 Å². The molecule has 1 aromatic carbocycles. The lowest BCUT2D eigenvalue weighted by Gasteiger charge is -2.36. The first-order chi connectivity index (χ1) is 18.2. The highest BCUT2D eigenvalue weighted by Gasteiger charge is 2.35. The second-order valence-corrected chi connectivity index (χ2v) is 10.3. The number of hydrogen-bond acceptors (Lipinski definition) is 4. The van der Waals surface area contributed by atoms with E-state index in [1.807, 2.05) is 48.5 Å². The normalized spacial score (nSPS) is 15.4. The maximum absolute atomic E-state index is 13.2. The molecule has 1 aliphatic rings. The number of anilines is 1. The van der Waals surface area contributed by atoms with E-state index in [1.54, 1.807) is 0 Å². The summed E-state index contributed by atoms with van der Waals surface area (Å²) in [5, 5.41) is 8.05. The molecule has 4 aromatic rings. The fourth-order valence-electron chi connectivity index (χ4n) is 5.04. The zero-order valence-electron chi connectivity index (χ0n) is 21.6. The second kappa shape index (κ2) is 13.6. The van der Waals surface area contributed by atoms with Gasteiger partial charge in [0.05, 0.1) is 18.1 Å². The standard InChI is InChI=1S/C26H29Cl2F3N7.2ClH/c1-36-12-13-37(16-36)10-7-32-15-22-24-18(19-14-17(27)2-4-21(19)34-24)6-9-38(22)11-8-33-23-5-3-20(28)25(35-23)26(29,30)31;;/h2-5,12-14,16,22,32,34H,6-11,15H2,1H3,(H,33,35);2*1H/q+1;;/p-1. The third kappa shape index (κ3) is 7.35. The average Bonchev–Trinajstić information content (AvgIpc) is 3.45. The fraction of sp³-hybridized carbons (Fsp3) is 0.385. The van der Waals surface area contributed by atoms with Crippen LogP contribution in [0, 0.1) is 0 Å². The van der Waals surface area contributed by atoms with Gasteiger partial charge in [0.25, 0.3) is 0 Å². The number of aromatic amines is 1. The molecule has 5 rings (SSSR count). The average molecular weight is 639 g/mol. The number of benzene rings is 1. The molecule has 7 nitrogen and oxygen atoms in total. The van der Waals surface area contributed by atoms with Crippen molar-refractivity contribution in [2.24, 2.45) is 7.05 Å². The summed E-state index contributed by atoms with van der Waals surface area (Å²) in [5.41, 5.74) is 2.39. The molecule has 218 valence electrons. The SMILES string of the molecule is C[n+]1ccn(CCNCC2c3[nH]c4ccc(Cl)cc4c3CCN2CCNc2ccc(Cl)c(C(F)(F)F)n2)c1.Cl.[Cl-]. The monoisotopic (exact) mass is 637 g/mol. The van der Waals surface area contributed by atoms with Crippen molar-refractivity contribution in [2.75, 3.05) is 38.0 Å². The van der Waals surface area contributed by atoms with Crippen molar-refractivity contribution in [3.8, 4) is 0 Å². The molecule has 0 bridgehead atoms. The van der Waals surface area contributed by atoms with E-state index in [9.17, 15) is 13.2 Å². The third-order valence-electron chi connectivity index (χ3n) is 6.85. The molecule has 0 fully saturated rings. The van der Waals surface area contributed by atoms with Gasteiger partial charge in [0.2, 0.25) is 6.33 Å². The number of pyridine rings is 1. The predicted molar refractivity (Wildman–Crippen MR) is 150 cm³/mol. The lowest BCUT2D eigenvalue weighted by atomic mass is 9.97. The van der Waals surface area contributed by atoms with E-state index < -0.39 is 16.9 Å². The highest BCUT2D eigenvalue weighted by atomic mass is 35.5. The van der Waals surface area contributed by atoms with Crippen molar-refractivity contribution in [1.29, 1.82) is 0 Å². The van der Waals surface area contributed by atoms with Crippen LogP contribution in [0.15, 0.2) is 49.1 Å². The number of aryl methyl sites for hydroxylation is 1. The van der Waals surface area contributed by atoms with Crippen LogP contribution in [0.1, 0.15) is 23.0 Å². The predicted octanol–water partition coefficient (Wildman–Crippen LogP) is 2.24. The molecule has 0 aliphatic carbocycles. The third-order valence-corrected chi connectivity index (χ3v) is 7.39. The Bertz CT molecular complexity index is 1420. The summed E-state index contributed by atoms with van der Waals surface area (Å²) in [6, 6.07) is 8.64. The molecule has 1 atom stereocenters. The summed E-state index contributed by atoms with van der Waals surface area (Å²) in [7, 11) is 1.99. The van der Waals surface area contributed by atoms with Crippen LogP contribution in [0.4, 0.5) is 19.0 Å². The van der Waals surface area contributed by atoms with Crippen LogP contribution in [-0.2, 0) is 26.2 Å². The maximum atomic E-state index is 13.2. The van der Waals surface area contributed by atoms with Crippen molar-refractivity contribution >= 4 is 52.3 Å². The first kappa shape index (κ1) is 32.3. The highest BCUT2D eigenvalue weighted by Crippen LogP contribution is 2.36. The van der Waals surface area contributed by atoms with Gasteiger partial charge in [-0.1, -0.05) is 23.2 Å².